The number of esters is 2. The third-order valence-electron chi connectivity index (χ3n) is 12.3. The molecule has 0 amide bonds. The zero-order chi connectivity index (χ0) is 38.0. The summed E-state index contributed by atoms with van der Waals surface area (Å²) in [6, 6.07) is 3.13. The number of piperazine rings is 1. The summed E-state index contributed by atoms with van der Waals surface area (Å²) in [7, 11) is 4.96. The van der Waals surface area contributed by atoms with E-state index in [9.17, 15) is 24.9 Å². The van der Waals surface area contributed by atoms with E-state index >= 15 is 0 Å². The topological polar surface area (TPSA) is 169 Å². The molecule has 3 aromatic carbocycles. The Morgan fingerprint density at radius 3 is 2.54 bits per heavy atom. The van der Waals surface area contributed by atoms with Gasteiger partial charge >= 0.3 is 11.9 Å². The zero-order valence-electron chi connectivity index (χ0n) is 30.8. The molecule has 4 N–H and O–H groups in total. The number of aromatic hydroxyl groups is 2. The van der Waals surface area contributed by atoms with Crippen molar-refractivity contribution >= 4 is 23.7 Å². The van der Waals surface area contributed by atoms with Crippen molar-refractivity contribution in [3.05, 3.63) is 62.7 Å². The summed E-state index contributed by atoms with van der Waals surface area (Å²) in [5, 5.41) is 38.2. The Morgan fingerprint density at radius 2 is 1.80 bits per heavy atom. The fraction of sp³-hybridized carbons (Fsp3) is 0.487. The molecule has 7 atom stereocenters. The number of thioether (sulfide) groups is 1. The van der Waals surface area contributed by atoms with Crippen LogP contribution in [0.4, 0.5) is 0 Å². The Kier molecular flexibility index (Phi) is 8.21. The van der Waals surface area contributed by atoms with Crippen LogP contribution in [0.1, 0.15) is 68.8 Å². The minimum absolute atomic E-state index is 0.0226. The summed E-state index contributed by atoms with van der Waals surface area (Å²) < 4.78 is 35.9. The summed E-state index contributed by atoms with van der Waals surface area (Å²) in [4.78, 5) is 31.7. The van der Waals surface area contributed by atoms with Gasteiger partial charge in [-0.05, 0) is 68.1 Å². The van der Waals surface area contributed by atoms with E-state index in [2.05, 4.69) is 10.2 Å². The average Bonchev–Trinajstić information content (AvgIpc) is 3.63. The van der Waals surface area contributed by atoms with Gasteiger partial charge in [0.2, 0.25) is 6.79 Å². The molecule has 2 fully saturated rings. The summed E-state index contributed by atoms with van der Waals surface area (Å²) in [5.74, 6) is 0.949. The average molecular weight is 762 g/mol. The van der Waals surface area contributed by atoms with Crippen LogP contribution in [0.25, 0.3) is 0 Å². The van der Waals surface area contributed by atoms with E-state index in [4.69, 9.17) is 28.4 Å². The van der Waals surface area contributed by atoms with Crippen molar-refractivity contribution in [2.45, 2.75) is 74.8 Å². The lowest BCUT2D eigenvalue weighted by atomic mass is 9.73. The first-order valence-corrected chi connectivity index (χ1v) is 19.1. The standard InChI is InChI=1S/C39H43N3O11S/c1-16-9-20-10-22-37(46)42-23-13-50-38(47)39(21-12-25(48-5)24(44)11-19(21)7-8-40-39)14-54-36(30(42)29(41(22)4)26(20)31(45)32(16)49-6)28-27(23)35-34(51-15-52-35)17(2)33(28)53-18(3)43/h9,11-12,22-23,29-30,36-37,40,44-46H,7-8,10,13-15H2,1-6H3/t22-,23-,29-,30+,36+,37-,39+/m0/s1. The number of nitrogens with zero attached hydrogens (tertiary/aromatic N) is 2. The van der Waals surface area contributed by atoms with E-state index < -0.39 is 47.1 Å². The van der Waals surface area contributed by atoms with E-state index in [0.29, 0.717) is 70.2 Å². The number of phenolic OH excluding ortho intramolecular Hbond substituents is 2. The van der Waals surface area contributed by atoms with Gasteiger partial charge in [-0.15, -0.1) is 11.8 Å². The van der Waals surface area contributed by atoms with Gasteiger partial charge in [0, 0.05) is 47.5 Å². The first kappa shape index (κ1) is 35.3. The second-order valence-corrected chi connectivity index (χ2v) is 16.1. The van der Waals surface area contributed by atoms with Crippen molar-refractivity contribution in [1.29, 1.82) is 0 Å². The lowest BCUT2D eigenvalue weighted by Gasteiger charge is -2.62. The Hall–Kier alpha value is -4.41. The lowest BCUT2D eigenvalue weighted by Crippen LogP contribution is -2.70. The number of hydrogen-bond acceptors (Lipinski definition) is 15. The number of carbonyl (C=O) groups is 2. The first-order valence-electron chi connectivity index (χ1n) is 18.1. The molecule has 10 rings (SSSR count). The van der Waals surface area contributed by atoms with E-state index in [1.54, 1.807) is 12.1 Å². The highest BCUT2D eigenvalue weighted by Crippen LogP contribution is 2.64. The minimum atomic E-state index is -1.36. The summed E-state index contributed by atoms with van der Waals surface area (Å²) in [5.41, 5.74) is 4.36. The molecule has 3 aromatic rings. The fourth-order valence-corrected chi connectivity index (χ4v) is 11.7. The van der Waals surface area contributed by atoms with Gasteiger partial charge in [0.05, 0.1) is 37.6 Å². The van der Waals surface area contributed by atoms with Crippen LogP contribution in [0.3, 0.4) is 0 Å². The van der Waals surface area contributed by atoms with Crippen molar-refractivity contribution in [3.8, 4) is 40.2 Å². The number of aliphatic hydroxyl groups excluding tert-OH is 1. The molecule has 0 aliphatic carbocycles. The molecule has 0 unspecified atom stereocenters. The summed E-state index contributed by atoms with van der Waals surface area (Å²) in [6.45, 7) is 5.26. The highest BCUT2D eigenvalue weighted by Gasteiger charge is 2.61. The molecule has 15 heteroatoms. The molecule has 0 aromatic heterocycles. The van der Waals surface area contributed by atoms with Gasteiger partial charge in [-0.25, -0.2) is 4.79 Å². The fourth-order valence-electron chi connectivity index (χ4n) is 10.00. The SMILES string of the molecule is COc1cc2c(cc1O)CCN[C@]21CS[C@@H]2c3c(OC(C)=O)c(C)c4c(c3[C@H](COC1=O)N1[C@@H]2[C@@H]2c3c(cc(C)c(OC)c3O)C[C@@H]([C@@H]1O)N2C)OCO4. The van der Waals surface area contributed by atoms with Crippen LogP contribution in [-0.4, -0.2) is 102 Å². The lowest BCUT2D eigenvalue weighted by molar-refractivity contribution is -0.186. The van der Waals surface area contributed by atoms with E-state index in [-0.39, 0.29) is 42.4 Å². The van der Waals surface area contributed by atoms with Gasteiger partial charge in [-0.3, -0.25) is 19.9 Å². The van der Waals surface area contributed by atoms with E-state index in [1.165, 1.54) is 32.9 Å². The van der Waals surface area contributed by atoms with Crippen molar-refractivity contribution in [2.24, 2.45) is 0 Å². The number of nitrogens with one attached hydrogen (secondary N) is 1. The molecule has 286 valence electrons. The molecular weight excluding hydrogens is 719 g/mol. The number of ether oxygens (including phenoxy) is 6. The minimum Gasteiger partial charge on any atom is -0.504 e. The van der Waals surface area contributed by atoms with Crippen LogP contribution in [0.15, 0.2) is 18.2 Å². The molecule has 14 nitrogen and oxygen atoms in total. The smallest absolute Gasteiger partial charge is 0.331 e. The van der Waals surface area contributed by atoms with E-state index in [0.717, 1.165) is 16.7 Å². The second-order valence-electron chi connectivity index (χ2n) is 14.9. The molecule has 2 saturated heterocycles. The molecule has 4 bridgehead atoms. The Bertz CT molecular complexity index is 2130. The molecule has 7 aliphatic heterocycles. The Morgan fingerprint density at radius 1 is 1.02 bits per heavy atom. The van der Waals surface area contributed by atoms with Crippen molar-refractivity contribution in [3.63, 3.8) is 0 Å². The van der Waals surface area contributed by atoms with Crippen molar-refractivity contribution < 1.29 is 53.3 Å². The molecule has 0 radical (unpaired) electrons. The molecule has 1 spiro atoms. The molecular formula is C39H43N3O11S. The van der Waals surface area contributed by atoms with Gasteiger partial charge in [0.1, 0.15) is 18.6 Å². The molecule has 7 heterocycles. The van der Waals surface area contributed by atoms with Gasteiger partial charge in [0.25, 0.3) is 0 Å². The highest BCUT2D eigenvalue weighted by atomic mass is 32.2. The predicted molar refractivity (Wildman–Crippen MR) is 195 cm³/mol. The summed E-state index contributed by atoms with van der Waals surface area (Å²) in [6.07, 6.45) is -0.0282. The maximum Gasteiger partial charge on any atom is 0.331 e. The Balaban J connectivity index is 1.32. The highest BCUT2D eigenvalue weighted by molar-refractivity contribution is 7.99. The number of hydrogen-bond donors (Lipinski definition) is 4. The molecule has 54 heavy (non-hydrogen) atoms. The van der Waals surface area contributed by atoms with Gasteiger partial charge < -0.3 is 43.7 Å². The van der Waals surface area contributed by atoms with E-state index in [1.807, 2.05) is 31.9 Å². The largest absolute Gasteiger partial charge is 0.504 e. The zero-order valence-corrected chi connectivity index (χ0v) is 31.7. The van der Waals surface area contributed by atoms with Crippen LogP contribution in [-0.2, 0) is 32.7 Å². The second kappa shape index (κ2) is 12.6. The quantitative estimate of drug-likeness (QED) is 0.226. The number of fused-ring (bicyclic) bond motifs is 9. The Labute approximate surface area is 316 Å². The maximum absolute atomic E-state index is 14.7. The van der Waals surface area contributed by atoms with Crippen LogP contribution >= 0.6 is 11.8 Å². The molecule has 0 saturated carbocycles. The predicted octanol–water partition coefficient (Wildman–Crippen LogP) is 3.41. The number of rotatable bonds is 3. The summed E-state index contributed by atoms with van der Waals surface area (Å²) >= 11 is 1.47. The number of aryl methyl sites for hydroxylation is 1. The van der Waals surface area contributed by atoms with Gasteiger partial charge in [0.15, 0.2) is 40.0 Å². The van der Waals surface area contributed by atoms with Gasteiger partial charge in [-0.2, -0.15) is 0 Å². The van der Waals surface area contributed by atoms with Crippen LogP contribution in [0.2, 0.25) is 0 Å². The third-order valence-corrected chi connectivity index (χ3v) is 13.7. The number of phenols is 2. The first-order chi connectivity index (χ1) is 25.9. The van der Waals surface area contributed by atoms with Gasteiger partial charge in [-0.1, -0.05) is 6.07 Å². The third kappa shape index (κ3) is 4.74. The van der Waals surface area contributed by atoms with Crippen LogP contribution < -0.4 is 29.0 Å². The number of carbonyl (C=O) groups excluding carboxylic acids is 2. The number of methoxy groups -OCH3 is 2. The number of likely N-dealkylation sites (N-methyl/N-ethyl adjacent to an activating group) is 1. The normalized spacial score (nSPS) is 29.4. The number of aliphatic hydroxyl groups is 1. The monoisotopic (exact) mass is 761 g/mol. The van der Waals surface area contributed by atoms with Crippen LogP contribution in [0, 0.1) is 13.8 Å². The van der Waals surface area contributed by atoms with Crippen molar-refractivity contribution in [2.75, 3.05) is 47.0 Å². The molecule has 7 aliphatic rings. The maximum atomic E-state index is 14.7. The van der Waals surface area contributed by atoms with Crippen LogP contribution in [0.5, 0.6) is 40.2 Å². The number of benzene rings is 3. The van der Waals surface area contributed by atoms with Crippen molar-refractivity contribution in [1.82, 2.24) is 15.1 Å².